The van der Waals surface area contributed by atoms with Gasteiger partial charge in [-0.2, -0.15) is 0 Å². The van der Waals surface area contributed by atoms with E-state index in [2.05, 4.69) is 31.0 Å². The molecule has 0 atom stereocenters. The lowest BCUT2D eigenvalue weighted by molar-refractivity contribution is 0.0986. The van der Waals surface area contributed by atoms with Gasteiger partial charge in [0.05, 0.1) is 22.6 Å². The highest BCUT2D eigenvalue weighted by molar-refractivity contribution is 7.22. The molecular weight excluding hydrogens is 420 g/mol. The van der Waals surface area contributed by atoms with E-state index < -0.39 is 0 Å². The first kappa shape index (κ1) is 22.0. The molecule has 2 aromatic heterocycles. The zero-order valence-corrected chi connectivity index (χ0v) is 19.7. The molecular formula is C25H28N4O2S. The van der Waals surface area contributed by atoms with Crippen LogP contribution >= 0.6 is 11.3 Å². The second-order valence-corrected chi connectivity index (χ2v) is 9.16. The van der Waals surface area contributed by atoms with Gasteiger partial charge in [-0.1, -0.05) is 17.4 Å². The fraction of sp³-hybridized carbons (Fsp3) is 0.320. The van der Waals surface area contributed by atoms with Crippen molar-refractivity contribution in [3.63, 3.8) is 0 Å². The summed E-state index contributed by atoms with van der Waals surface area (Å²) < 4.78 is 8.83. The topological polar surface area (TPSA) is 60.2 Å². The number of fused-ring (bicyclic) bond motifs is 1. The van der Waals surface area contributed by atoms with Crippen LogP contribution in [0.2, 0.25) is 0 Å². The van der Waals surface area contributed by atoms with Gasteiger partial charge >= 0.3 is 0 Å². The largest absolute Gasteiger partial charge is 0.491 e. The first-order chi connectivity index (χ1) is 15.4. The third-order valence-electron chi connectivity index (χ3n) is 5.38. The summed E-state index contributed by atoms with van der Waals surface area (Å²) in [4.78, 5) is 24.3. The Morgan fingerprint density at radius 3 is 2.62 bits per heavy atom. The van der Waals surface area contributed by atoms with Gasteiger partial charge in [-0.3, -0.25) is 9.69 Å². The van der Waals surface area contributed by atoms with Gasteiger partial charge in [-0.15, -0.1) is 0 Å². The molecule has 0 aliphatic carbocycles. The van der Waals surface area contributed by atoms with E-state index in [1.807, 2.05) is 48.9 Å². The van der Waals surface area contributed by atoms with E-state index in [1.165, 1.54) is 5.56 Å². The summed E-state index contributed by atoms with van der Waals surface area (Å²) in [6, 6.07) is 11.5. The van der Waals surface area contributed by atoms with Crippen molar-refractivity contribution in [2.24, 2.45) is 0 Å². The summed E-state index contributed by atoms with van der Waals surface area (Å²) in [5.41, 5.74) is 3.95. The van der Waals surface area contributed by atoms with Crippen LogP contribution in [0.15, 0.2) is 55.1 Å². The van der Waals surface area contributed by atoms with E-state index in [1.54, 1.807) is 28.8 Å². The summed E-state index contributed by atoms with van der Waals surface area (Å²) in [6.45, 7) is 9.49. The van der Waals surface area contributed by atoms with Gasteiger partial charge in [0.2, 0.25) is 0 Å². The van der Waals surface area contributed by atoms with Crippen molar-refractivity contribution >= 4 is 32.6 Å². The van der Waals surface area contributed by atoms with Crippen LogP contribution in [-0.2, 0) is 6.54 Å². The summed E-state index contributed by atoms with van der Waals surface area (Å²) in [6.07, 6.45) is 6.38. The molecule has 0 unspecified atom stereocenters. The van der Waals surface area contributed by atoms with Crippen molar-refractivity contribution in [2.45, 2.75) is 46.8 Å². The quantitative estimate of drug-likeness (QED) is 0.350. The molecule has 32 heavy (non-hydrogen) atoms. The van der Waals surface area contributed by atoms with Gasteiger partial charge in [0, 0.05) is 31.0 Å². The van der Waals surface area contributed by atoms with E-state index in [-0.39, 0.29) is 12.0 Å². The third-order valence-corrected chi connectivity index (χ3v) is 6.42. The Morgan fingerprint density at radius 1 is 1.16 bits per heavy atom. The van der Waals surface area contributed by atoms with Crippen molar-refractivity contribution in [3.05, 3.63) is 71.8 Å². The Hall–Kier alpha value is -3.19. The number of nitrogens with zero attached hydrogens (tertiary/aromatic N) is 4. The van der Waals surface area contributed by atoms with Crippen LogP contribution in [0.3, 0.4) is 0 Å². The van der Waals surface area contributed by atoms with E-state index >= 15 is 0 Å². The van der Waals surface area contributed by atoms with E-state index in [0.717, 1.165) is 39.6 Å². The standard InChI is InChI=1S/C25H28N4O2S/c1-17(2)31-21-9-7-20(8-10-21)24(30)29(14-5-13-28-15-12-26-16-28)25-27-23-19(4)18(3)6-11-22(23)32-25/h6-12,15-17H,5,13-14H2,1-4H3. The Bertz CT molecular complexity index is 1200. The highest BCUT2D eigenvalue weighted by atomic mass is 32.1. The average molecular weight is 449 g/mol. The van der Waals surface area contributed by atoms with E-state index in [0.29, 0.717) is 12.1 Å². The van der Waals surface area contributed by atoms with Crippen LogP contribution in [0.5, 0.6) is 5.75 Å². The molecule has 0 spiro atoms. The van der Waals surface area contributed by atoms with Crippen molar-refractivity contribution in [1.29, 1.82) is 0 Å². The Labute approximate surface area is 192 Å². The van der Waals surface area contributed by atoms with E-state index in [9.17, 15) is 4.79 Å². The number of amides is 1. The molecule has 2 aromatic carbocycles. The maximum absolute atomic E-state index is 13.5. The third kappa shape index (κ3) is 4.83. The maximum atomic E-state index is 13.5. The monoisotopic (exact) mass is 448 g/mol. The molecule has 0 N–H and O–H groups in total. The second kappa shape index (κ2) is 9.53. The number of aromatic nitrogens is 3. The summed E-state index contributed by atoms with van der Waals surface area (Å²) in [5.74, 6) is 0.703. The molecule has 4 aromatic rings. The lowest BCUT2D eigenvalue weighted by atomic mass is 10.1. The molecule has 0 aliphatic rings. The van der Waals surface area contributed by atoms with Crippen LogP contribution in [0.25, 0.3) is 10.2 Å². The average Bonchev–Trinajstić information content (AvgIpc) is 3.44. The number of carbonyl (C=O) groups is 1. The number of hydrogen-bond donors (Lipinski definition) is 0. The van der Waals surface area contributed by atoms with Crippen LogP contribution in [0, 0.1) is 13.8 Å². The van der Waals surface area contributed by atoms with Gasteiger partial charge in [0.15, 0.2) is 5.13 Å². The van der Waals surface area contributed by atoms with Gasteiger partial charge in [0.1, 0.15) is 5.75 Å². The molecule has 166 valence electrons. The number of ether oxygens (including phenoxy) is 1. The SMILES string of the molecule is Cc1ccc2sc(N(CCCn3ccnc3)C(=O)c3ccc(OC(C)C)cc3)nc2c1C. The summed E-state index contributed by atoms with van der Waals surface area (Å²) >= 11 is 1.56. The maximum Gasteiger partial charge on any atom is 0.260 e. The Balaban J connectivity index is 1.62. The van der Waals surface area contributed by atoms with Crippen molar-refractivity contribution in [2.75, 3.05) is 11.4 Å². The summed E-state index contributed by atoms with van der Waals surface area (Å²) in [7, 11) is 0. The minimum absolute atomic E-state index is 0.0554. The van der Waals surface area contributed by atoms with Gasteiger partial charge < -0.3 is 9.30 Å². The number of anilines is 1. The highest BCUT2D eigenvalue weighted by Crippen LogP contribution is 2.33. The van der Waals surface area contributed by atoms with Gasteiger partial charge in [-0.05, 0) is 75.6 Å². The Morgan fingerprint density at radius 2 is 1.94 bits per heavy atom. The molecule has 4 rings (SSSR count). The molecule has 2 heterocycles. The molecule has 6 nitrogen and oxygen atoms in total. The molecule has 0 fully saturated rings. The van der Waals surface area contributed by atoms with Crippen molar-refractivity contribution in [1.82, 2.24) is 14.5 Å². The number of thiazole rings is 1. The van der Waals surface area contributed by atoms with Crippen molar-refractivity contribution in [3.8, 4) is 5.75 Å². The van der Waals surface area contributed by atoms with Gasteiger partial charge in [0.25, 0.3) is 5.91 Å². The molecule has 0 saturated carbocycles. The number of benzene rings is 2. The predicted octanol–water partition coefficient (Wildman–Crippen LogP) is 5.63. The fourth-order valence-electron chi connectivity index (χ4n) is 3.55. The van der Waals surface area contributed by atoms with Crippen LogP contribution in [-0.4, -0.2) is 33.1 Å². The van der Waals surface area contributed by atoms with Crippen LogP contribution in [0.1, 0.15) is 41.8 Å². The van der Waals surface area contributed by atoms with Crippen LogP contribution in [0.4, 0.5) is 5.13 Å². The lowest BCUT2D eigenvalue weighted by Gasteiger charge is -2.20. The first-order valence-corrected chi connectivity index (χ1v) is 11.6. The molecule has 0 bridgehead atoms. The second-order valence-electron chi connectivity index (χ2n) is 8.15. The summed E-state index contributed by atoms with van der Waals surface area (Å²) in [5, 5.41) is 0.729. The predicted molar refractivity (Wildman–Crippen MR) is 130 cm³/mol. The zero-order chi connectivity index (χ0) is 22.7. The number of carbonyl (C=O) groups excluding carboxylic acids is 1. The zero-order valence-electron chi connectivity index (χ0n) is 18.9. The smallest absolute Gasteiger partial charge is 0.260 e. The van der Waals surface area contributed by atoms with E-state index in [4.69, 9.17) is 9.72 Å². The fourth-order valence-corrected chi connectivity index (χ4v) is 4.60. The molecule has 0 radical (unpaired) electrons. The number of rotatable bonds is 8. The van der Waals surface area contributed by atoms with Gasteiger partial charge in [-0.25, -0.2) is 9.97 Å². The Kier molecular flexibility index (Phi) is 6.55. The first-order valence-electron chi connectivity index (χ1n) is 10.8. The lowest BCUT2D eigenvalue weighted by Crippen LogP contribution is -2.32. The number of hydrogen-bond acceptors (Lipinski definition) is 5. The molecule has 7 heteroatoms. The molecule has 0 aliphatic heterocycles. The normalized spacial score (nSPS) is 11.3. The van der Waals surface area contributed by atoms with Crippen molar-refractivity contribution < 1.29 is 9.53 Å². The minimum Gasteiger partial charge on any atom is -0.491 e. The molecule has 0 saturated heterocycles. The minimum atomic E-state index is -0.0554. The molecule has 1 amide bonds. The highest BCUT2D eigenvalue weighted by Gasteiger charge is 2.22. The number of imidazole rings is 1. The number of aryl methyl sites for hydroxylation is 3. The van der Waals surface area contributed by atoms with Crippen LogP contribution < -0.4 is 9.64 Å².